The number of hydrogen-bond acceptors (Lipinski definition) is 2. The van der Waals surface area contributed by atoms with Gasteiger partial charge in [0.05, 0.1) is 28.1 Å². The monoisotopic (exact) mass is 623 g/mol. The molecule has 8 aromatic carbocycles. The molecule has 228 valence electrons. The minimum Gasteiger partial charge on any atom is -0.309 e. The van der Waals surface area contributed by atoms with E-state index in [9.17, 15) is 0 Å². The minimum atomic E-state index is 0.714. The number of hydrogen-bond donors (Lipinski definition) is 0. The largest absolute Gasteiger partial charge is 0.309 e. The van der Waals surface area contributed by atoms with Crippen LogP contribution in [0.1, 0.15) is 0 Å². The summed E-state index contributed by atoms with van der Waals surface area (Å²) in [6.45, 7) is 0. The SMILES string of the molecule is c1ccc(-c2cc(-c3ccc(-n4c5ccc6ccccc6c5c5c6ccccc6ccc54)c4ccccc34)nc(-c3ccccc3)n2)cc1. The van der Waals surface area contributed by atoms with Gasteiger partial charge >= 0.3 is 0 Å². The van der Waals surface area contributed by atoms with Gasteiger partial charge in [-0.3, -0.25) is 0 Å². The summed E-state index contributed by atoms with van der Waals surface area (Å²) in [5.74, 6) is 0.714. The highest BCUT2D eigenvalue weighted by Crippen LogP contribution is 2.43. The highest BCUT2D eigenvalue weighted by molar-refractivity contribution is 6.28. The number of benzene rings is 8. The van der Waals surface area contributed by atoms with E-state index in [0.717, 1.165) is 39.2 Å². The van der Waals surface area contributed by atoms with E-state index in [4.69, 9.17) is 9.97 Å². The topological polar surface area (TPSA) is 30.7 Å². The molecule has 0 saturated heterocycles. The second kappa shape index (κ2) is 11.0. The molecule has 2 heterocycles. The molecular weight excluding hydrogens is 595 g/mol. The maximum Gasteiger partial charge on any atom is 0.160 e. The Hall–Kier alpha value is -6.58. The third-order valence-electron chi connectivity index (χ3n) is 9.79. The van der Waals surface area contributed by atoms with Crippen LogP contribution in [-0.2, 0) is 0 Å². The highest BCUT2D eigenvalue weighted by atomic mass is 15.0. The number of fused-ring (bicyclic) bond motifs is 8. The van der Waals surface area contributed by atoms with E-state index in [-0.39, 0.29) is 0 Å². The normalized spacial score (nSPS) is 11.7. The van der Waals surface area contributed by atoms with Crippen LogP contribution in [0.5, 0.6) is 0 Å². The van der Waals surface area contributed by atoms with E-state index in [0.29, 0.717) is 5.82 Å². The Morgan fingerprint density at radius 3 is 1.51 bits per heavy atom. The summed E-state index contributed by atoms with van der Waals surface area (Å²) >= 11 is 0. The minimum absolute atomic E-state index is 0.714. The van der Waals surface area contributed by atoms with E-state index in [2.05, 4.69) is 156 Å². The smallest absolute Gasteiger partial charge is 0.160 e. The number of rotatable bonds is 4. The molecule has 3 heteroatoms. The van der Waals surface area contributed by atoms with Crippen molar-refractivity contribution in [3.63, 3.8) is 0 Å². The molecule has 2 aromatic heterocycles. The van der Waals surface area contributed by atoms with Gasteiger partial charge in [-0.2, -0.15) is 0 Å². The molecule has 0 aliphatic heterocycles. The average Bonchev–Trinajstić information content (AvgIpc) is 3.53. The Bertz CT molecular complexity index is 2720. The van der Waals surface area contributed by atoms with Gasteiger partial charge < -0.3 is 4.57 Å². The second-order valence-corrected chi connectivity index (χ2v) is 12.6. The van der Waals surface area contributed by atoms with Gasteiger partial charge in [0.25, 0.3) is 0 Å². The average molecular weight is 624 g/mol. The molecule has 49 heavy (non-hydrogen) atoms. The lowest BCUT2D eigenvalue weighted by molar-refractivity contribution is 1.18. The summed E-state index contributed by atoms with van der Waals surface area (Å²) in [6, 6.07) is 62.5. The summed E-state index contributed by atoms with van der Waals surface area (Å²) in [5, 5.41) is 9.91. The fourth-order valence-corrected chi connectivity index (χ4v) is 7.57. The molecule has 0 bridgehead atoms. The third-order valence-corrected chi connectivity index (χ3v) is 9.79. The molecule has 10 rings (SSSR count). The third kappa shape index (κ3) is 4.37. The quantitative estimate of drug-likeness (QED) is 0.195. The van der Waals surface area contributed by atoms with Gasteiger partial charge in [-0.05, 0) is 51.2 Å². The molecule has 0 N–H and O–H groups in total. The van der Waals surface area contributed by atoms with Crippen LogP contribution in [0.2, 0.25) is 0 Å². The molecule has 0 saturated carbocycles. The van der Waals surface area contributed by atoms with Gasteiger partial charge in [0.15, 0.2) is 5.82 Å². The van der Waals surface area contributed by atoms with Gasteiger partial charge in [-0.15, -0.1) is 0 Å². The molecule has 0 radical (unpaired) electrons. The lowest BCUT2D eigenvalue weighted by Gasteiger charge is -2.16. The zero-order valence-electron chi connectivity index (χ0n) is 26.6. The van der Waals surface area contributed by atoms with Crippen molar-refractivity contribution >= 4 is 54.1 Å². The molecule has 0 fully saturated rings. The highest BCUT2D eigenvalue weighted by Gasteiger charge is 2.20. The van der Waals surface area contributed by atoms with Crippen molar-refractivity contribution in [2.45, 2.75) is 0 Å². The summed E-state index contributed by atoms with van der Waals surface area (Å²) in [6.07, 6.45) is 0. The van der Waals surface area contributed by atoms with Crippen LogP contribution in [-0.4, -0.2) is 14.5 Å². The molecule has 10 aromatic rings. The van der Waals surface area contributed by atoms with Gasteiger partial charge in [0, 0.05) is 32.8 Å². The predicted molar refractivity (Wildman–Crippen MR) is 205 cm³/mol. The van der Waals surface area contributed by atoms with Crippen LogP contribution >= 0.6 is 0 Å². The summed E-state index contributed by atoms with van der Waals surface area (Å²) in [4.78, 5) is 10.2. The first-order valence-electron chi connectivity index (χ1n) is 16.7. The lowest BCUT2D eigenvalue weighted by Crippen LogP contribution is -1.99. The Balaban J connectivity index is 1.27. The van der Waals surface area contributed by atoms with E-state index in [1.165, 1.54) is 48.7 Å². The van der Waals surface area contributed by atoms with Crippen LogP contribution in [0.4, 0.5) is 0 Å². The maximum atomic E-state index is 5.19. The molecule has 0 amide bonds. The first-order chi connectivity index (χ1) is 24.3. The Kier molecular flexibility index (Phi) is 6.18. The molecule has 0 atom stereocenters. The zero-order valence-corrected chi connectivity index (χ0v) is 26.6. The molecule has 0 spiro atoms. The van der Waals surface area contributed by atoms with Crippen molar-refractivity contribution < 1.29 is 0 Å². The van der Waals surface area contributed by atoms with Crippen molar-refractivity contribution in [1.29, 1.82) is 0 Å². The first kappa shape index (κ1) is 27.5. The van der Waals surface area contributed by atoms with E-state index < -0.39 is 0 Å². The van der Waals surface area contributed by atoms with Crippen molar-refractivity contribution in [3.05, 3.63) is 176 Å². The fourth-order valence-electron chi connectivity index (χ4n) is 7.57. The van der Waals surface area contributed by atoms with Crippen molar-refractivity contribution in [2.24, 2.45) is 0 Å². The Morgan fingerprint density at radius 2 is 0.878 bits per heavy atom. The zero-order chi connectivity index (χ0) is 32.3. The van der Waals surface area contributed by atoms with Crippen molar-refractivity contribution in [3.8, 4) is 39.6 Å². The lowest BCUT2D eigenvalue weighted by atomic mass is 9.98. The van der Waals surface area contributed by atoms with Crippen molar-refractivity contribution in [1.82, 2.24) is 14.5 Å². The number of nitrogens with zero attached hydrogens (tertiary/aromatic N) is 3. The van der Waals surface area contributed by atoms with Gasteiger partial charge in [-0.1, -0.05) is 152 Å². The molecule has 0 aliphatic carbocycles. The number of aromatic nitrogens is 3. The van der Waals surface area contributed by atoms with Crippen LogP contribution in [0.3, 0.4) is 0 Å². The molecular formula is C46H29N3. The summed E-state index contributed by atoms with van der Waals surface area (Å²) < 4.78 is 2.46. The van der Waals surface area contributed by atoms with Crippen LogP contribution < -0.4 is 0 Å². The van der Waals surface area contributed by atoms with E-state index in [1.54, 1.807) is 0 Å². The van der Waals surface area contributed by atoms with E-state index in [1.807, 2.05) is 24.3 Å². The molecule has 0 aliphatic rings. The Labute approximate surface area is 283 Å². The fraction of sp³-hybridized carbons (Fsp3) is 0. The Morgan fingerprint density at radius 1 is 0.367 bits per heavy atom. The first-order valence-corrected chi connectivity index (χ1v) is 16.7. The van der Waals surface area contributed by atoms with Crippen LogP contribution in [0, 0.1) is 0 Å². The molecule has 3 nitrogen and oxygen atoms in total. The van der Waals surface area contributed by atoms with Gasteiger partial charge in [0.1, 0.15) is 0 Å². The summed E-state index contributed by atoms with van der Waals surface area (Å²) in [5.41, 5.74) is 8.47. The maximum absolute atomic E-state index is 5.19. The second-order valence-electron chi connectivity index (χ2n) is 12.6. The van der Waals surface area contributed by atoms with Gasteiger partial charge in [0.2, 0.25) is 0 Å². The summed E-state index contributed by atoms with van der Waals surface area (Å²) in [7, 11) is 0. The van der Waals surface area contributed by atoms with Crippen LogP contribution in [0.15, 0.2) is 176 Å². The van der Waals surface area contributed by atoms with E-state index >= 15 is 0 Å². The predicted octanol–water partition coefficient (Wildman–Crippen LogP) is 12.0. The van der Waals surface area contributed by atoms with Gasteiger partial charge in [-0.25, -0.2) is 9.97 Å². The van der Waals surface area contributed by atoms with Crippen LogP contribution in [0.25, 0.3) is 93.7 Å². The standard InChI is InChI=1S/C46H29N3/c1-3-15-32(16-4-1)39-29-40(48-46(47-39)33-17-5-2-6-18-33)37-25-28-41(38-22-12-11-21-36(37)38)49-42-26-23-30-13-7-9-19-34(30)44(42)45-35-20-10-8-14-31(35)24-27-43(45)49/h1-29H. The molecule has 0 unspecified atom stereocenters. The van der Waals surface area contributed by atoms with Crippen molar-refractivity contribution in [2.75, 3.05) is 0 Å².